The molecule has 0 atom stereocenters. The van der Waals surface area contributed by atoms with Crippen molar-refractivity contribution in [3.63, 3.8) is 0 Å². The van der Waals surface area contributed by atoms with Crippen molar-refractivity contribution in [3.05, 3.63) is 357 Å². The van der Waals surface area contributed by atoms with Gasteiger partial charge in [0.05, 0.1) is 33.4 Å². The summed E-state index contributed by atoms with van der Waals surface area (Å²) in [6, 6.07) is 130. The molecule has 2 aromatic heterocycles. The van der Waals surface area contributed by atoms with Gasteiger partial charge in [-0.15, -0.1) is 0 Å². The summed E-state index contributed by atoms with van der Waals surface area (Å²) < 4.78 is 5.15. The first-order valence-corrected chi connectivity index (χ1v) is 36.2. The molecule has 19 rings (SSSR count). The van der Waals surface area contributed by atoms with Gasteiger partial charge in [0.1, 0.15) is 0 Å². The number of fused-ring (bicyclic) bond motifs is 10. The van der Waals surface area contributed by atoms with Gasteiger partial charge in [-0.05, 0) is 203 Å². The lowest BCUT2D eigenvalue weighted by molar-refractivity contribution is 0.593. The van der Waals surface area contributed by atoms with Crippen molar-refractivity contribution in [2.45, 2.75) is 52.4 Å². The van der Waals surface area contributed by atoms with Crippen molar-refractivity contribution >= 4 is 101 Å². The zero-order chi connectivity index (χ0) is 69.2. The molecular weight excluding hydrogens is 1240 g/mol. The van der Waals surface area contributed by atoms with Crippen LogP contribution in [-0.4, -0.2) is 15.8 Å². The molecule has 0 bridgehead atoms. The monoisotopic (exact) mass is 1320 g/mol. The summed E-state index contributed by atoms with van der Waals surface area (Å²) in [7, 11) is 0. The molecule has 0 fully saturated rings. The van der Waals surface area contributed by atoms with E-state index in [0.717, 1.165) is 90.0 Å². The fourth-order valence-corrected chi connectivity index (χ4v) is 17.1. The molecule has 103 heavy (non-hydrogen) atoms. The van der Waals surface area contributed by atoms with Gasteiger partial charge in [-0.3, -0.25) is 0 Å². The smallest absolute Gasteiger partial charge is 0.252 e. The van der Waals surface area contributed by atoms with E-state index >= 15 is 0 Å². The minimum atomic E-state index is -0.259. The molecule has 0 unspecified atom stereocenters. The number of nitrogens with zero attached hydrogens (tertiary/aromatic N) is 4. The number of hydrogen-bond donors (Lipinski definition) is 0. The maximum atomic E-state index is 2.62. The van der Waals surface area contributed by atoms with E-state index in [1.54, 1.807) is 0 Å². The first kappa shape index (κ1) is 61.6. The summed E-state index contributed by atoms with van der Waals surface area (Å²) >= 11 is 0. The van der Waals surface area contributed by atoms with Crippen LogP contribution in [-0.2, 0) is 10.8 Å². The summed E-state index contributed by atoms with van der Waals surface area (Å²) in [4.78, 5) is 5.23. The quantitative estimate of drug-likeness (QED) is 0.127. The number of anilines is 6. The molecule has 5 heteroatoms. The molecular formula is C98H75BN4. The highest BCUT2D eigenvalue weighted by Gasteiger charge is 2.45. The fourth-order valence-electron chi connectivity index (χ4n) is 17.1. The number of benzene rings is 15. The van der Waals surface area contributed by atoms with E-state index < -0.39 is 0 Å². The normalized spacial score (nSPS) is 12.7. The van der Waals surface area contributed by atoms with Gasteiger partial charge in [0, 0.05) is 66.8 Å². The molecule has 0 amide bonds. The molecule has 490 valence electrons. The third-order valence-corrected chi connectivity index (χ3v) is 21.7. The summed E-state index contributed by atoms with van der Waals surface area (Å²) in [6.45, 7) is 13.9. The Balaban J connectivity index is 0.927. The molecule has 4 heterocycles. The van der Waals surface area contributed by atoms with Gasteiger partial charge in [0.15, 0.2) is 0 Å². The fraction of sp³-hybridized carbons (Fsp3) is 0.0816. The highest BCUT2D eigenvalue weighted by molar-refractivity contribution is 7.00. The SMILES string of the molecule is CC(C)(C)c1cccc2c3ccccc3n(-c3ccc4c(c3)B3c5cc(-n6c7ccccc7c7cccc(C(C)(C)C)c76)ccc5N(c5ccccc5-c5cc(-c6ccccc6)cc(-c6ccccc6)c5)c5cccc(c53)N4c3ccccc3-c3cc(-c4ccccc4)cc(-c4ccccc4)c3)c12. The molecule has 17 aromatic rings. The molecule has 0 saturated heterocycles. The van der Waals surface area contributed by atoms with Crippen molar-refractivity contribution in [1.82, 2.24) is 9.13 Å². The molecule has 15 aromatic carbocycles. The largest absolute Gasteiger partial charge is 0.311 e. The van der Waals surface area contributed by atoms with Gasteiger partial charge in [0.25, 0.3) is 6.71 Å². The Kier molecular flexibility index (Phi) is 14.5. The predicted octanol–water partition coefficient (Wildman–Crippen LogP) is 24.6. The number of aromatic nitrogens is 2. The Morgan fingerprint density at radius 1 is 0.233 bits per heavy atom. The summed E-state index contributed by atoms with van der Waals surface area (Å²) in [5.74, 6) is 0. The van der Waals surface area contributed by atoms with Gasteiger partial charge in [-0.2, -0.15) is 0 Å². The van der Waals surface area contributed by atoms with Crippen LogP contribution in [0, 0.1) is 0 Å². The van der Waals surface area contributed by atoms with E-state index in [1.165, 1.54) is 93.4 Å². The minimum Gasteiger partial charge on any atom is -0.311 e. The molecule has 0 radical (unpaired) electrons. The lowest BCUT2D eigenvalue weighted by atomic mass is 9.33. The van der Waals surface area contributed by atoms with Crippen LogP contribution in [0.3, 0.4) is 0 Å². The molecule has 0 spiro atoms. The number of para-hydroxylation sites is 6. The van der Waals surface area contributed by atoms with Crippen molar-refractivity contribution in [3.8, 4) is 78.1 Å². The van der Waals surface area contributed by atoms with Crippen LogP contribution in [0.4, 0.5) is 34.1 Å². The van der Waals surface area contributed by atoms with Crippen LogP contribution in [0.1, 0.15) is 52.7 Å². The van der Waals surface area contributed by atoms with Crippen LogP contribution >= 0.6 is 0 Å². The van der Waals surface area contributed by atoms with Gasteiger partial charge >= 0.3 is 0 Å². The van der Waals surface area contributed by atoms with Crippen molar-refractivity contribution < 1.29 is 0 Å². The highest BCUT2D eigenvalue weighted by atomic mass is 15.2. The average Bonchev–Trinajstić information content (AvgIpc) is 1.33. The summed E-state index contributed by atoms with van der Waals surface area (Å²) in [5.41, 5.74) is 33.7. The number of rotatable bonds is 10. The van der Waals surface area contributed by atoms with Crippen LogP contribution in [0.5, 0.6) is 0 Å². The Morgan fingerprint density at radius 3 is 0.922 bits per heavy atom. The molecule has 4 nitrogen and oxygen atoms in total. The Labute approximate surface area is 603 Å². The van der Waals surface area contributed by atoms with Crippen LogP contribution in [0.25, 0.3) is 122 Å². The Bertz CT molecular complexity index is 5720. The van der Waals surface area contributed by atoms with Gasteiger partial charge in [0.2, 0.25) is 0 Å². The predicted molar refractivity (Wildman–Crippen MR) is 439 cm³/mol. The maximum absolute atomic E-state index is 2.62. The Hall–Kier alpha value is -12.4. The van der Waals surface area contributed by atoms with Crippen molar-refractivity contribution in [2.24, 2.45) is 0 Å². The topological polar surface area (TPSA) is 16.3 Å². The second kappa shape index (κ2) is 24.1. The van der Waals surface area contributed by atoms with Crippen molar-refractivity contribution in [2.75, 3.05) is 9.80 Å². The van der Waals surface area contributed by atoms with E-state index in [4.69, 9.17) is 0 Å². The van der Waals surface area contributed by atoms with Crippen LogP contribution < -0.4 is 26.2 Å². The summed E-state index contributed by atoms with van der Waals surface area (Å²) in [5, 5.41) is 4.99. The third-order valence-electron chi connectivity index (χ3n) is 21.7. The van der Waals surface area contributed by atoms with E-state index in [1.807, 2.05) is 0 Å². The van der Waals surface area contributed by atoms with E-state index in [-0.39, 0.29) is 17.5 Å². The molecule has 2 aliphatic heterocycles. The maximum Gasteiger partial charge on any atom is 0.252 e. The lowest BCUT2D eigenvalue weighted by Crippen LogP contribution is -2.61. The highest BCUT2D eigenvalue weighted by Crippen LogP contribution is 2.51. The van der Waals surface area contributed by atoms with Crippen LogP contribution in [0.15, 0.2) is 346 Å². The summed E-state index contributed by atoms with van der Waals surface area (Å²) in [6.07, 6.45) is 0. The lowest BCUT2D eigenvalue weighted by Gasteiger charge is -2.45. The Morgan fingerprint density at radius 2 is 0.544 bits per heavy atom. The first-order chi connectivity index (χ1) is 50.4. The number of hydrogen-bond acceptors (Lipinski definition) is 2. The van der Waals surface area contributed by atoms with Gasteiger partial charge in [-0.1, -0.05) is 278 Å². The zero-order valence-electron chi connectivity index (χ0n) is 58.8. The average molecular weight is 1320 g/mol. The van der Waals surface area contributed by atoms with Crippen molar-refractivity contribution in [1.29, 1.82) is 0 Å². The molecule has 0 aliphatic carbocycles. The molecule has 0 N–H and O–H groups in total. The molecule has 2 aliphatic rings. The van der Waals surface area contributed by atoms with Gasteiger partial charge in [-0.25, -0.2) is 0 Å². The minimum absolute atomic E-state index is 0.156. The molecule has 0 saturated carbocycles. The second-order valence-corrected chi connectivity index (χ2v) is 30.0. The third kappa shape index (κ3) is 10.2. The van der Waals surface area contributed by atoms with E-state index in [9.17, 15) is 0 Å². The van der Waals surface area contributed by atoms with Crippen LogP contribution in [0.2, 0.25) is 0 Å². The van der Waals surface area contributed by atoms with E-state index in [0.29, 0.717) is 0 Å². The standard InChI is InChI=1S/C98H75BN4/c1-97(2,3)82-44-27-42-80-78-40-21-25-48-88(78)100(95(80)82)74-52-54-90-84(62-74)99-85-63-75(101-89-49-26-22-41-79(89)81-43-28-45-83(96(81)101)98(4,5)6)53-55-91(85)103(87-47-24-20-39-77(87)73-60-70(66-34-15-9-16-35-66)57-71(61-73)67-36-17-10-18-37-67)93-51-29-50-92(94(93)99)102(90)86-46-23-19-38-76(86)72-58-68(64-30-11-7-12-31-64)56-69(59-72)65-32-13-8-14-33-65/h7-63H,1-6H3. The van der Waals surface area contributed by atoms with Gasteiger partial charge < -0.3 is 18.9 Å². The zero-order valence-corrected chi connectivity index (χ0v) is 58.8. The second-order valence-electron chi connectivity index (χ2n) is 30.0. The first-order valence-electron chi connectivity index (χ1n) is 36.2. The van der Waals surface area contributed by atoms with E-state index in [2.05, 4.69) is 406 Å².